The predicted molar refractivity (Wildman–Crippen MR) is 51.3 cm³/mol. The van der Waals surface area contributed by atoms with Crippen molar-refractivity contribution in [2.45, 2.75) is 6.92 Å². The lowest BCUT2D eigenvalue weighted by Crippen LogP contribution is -2.18. The molecule has 0 fully saturated rings. The van der Waals surface area contributed by atoms with E-state index in [4.69, 9.17) is 0 Å². The maximum Gasteiger partial charge on any atom is 0.139 e. The van der Waals surface area contributed by atoms with Gasteiger partial charge in [-0.05, 0) is 18.6 Å². The first kappa shape index (κ1) is 8.53. The standard InChI is InChI=1S/C10H12N2/c1-4-11-10-9(3)7-6-8-12(10)5-2/h4-8H,1-2H2,3H3. The van der Waals surface area contributed by atoms with E-state index in [1.807, 2.05) is 29.8 Å². The largest absolute Gasteiger partial charge is 0.309 e. The van der Waals surface area contributed by atoms with Crippen molar-refractivity contribution >= 4 is 6.20 Å². The maximum atomic E-state index is 4.13. The van der Waals surface area contributed by atoms with E-state index in [0.29, 0.717) is 0 Å². The Bertz CT molecular complexity index is 358. The van der Waals surface area contributed by atoms with E-state index < -0.39 is 0 Å². The quantitative estimate of drug-likeness (QED) is 0.629. The molecule has 0 spiro atoms. The van der Waals surface area contributed by atoms with E-state index in [9.17, 15) is 0 Å². The van der Waals surface area contributed by atoms with Gasteiger partial charge in [0.15, 0.2) is 0 Å². The van der Waals surface area contributed by atoms with Crippen molar-refractivity contribution in [2.75, 3.05) is 0 Å². The monoisotopic (exact) mass is 160 g/mol. The molecule has 2 nitrogen and oxygen atoms in total. The topological polar surface area (TPSA) is 17.3 Å². The molecular formula is C10H12N2. The van der Waals surface area contributed by atoms with Crippen LogP contribution in [0.15, 0.2) is 42.7 Å². The van der Waals surface area contributed by atoms with Gasteiger partial charge < -0.3 is 4.57 Å². The van der Waals surface area contributed by atoms with Crippen LogP contribution in [0.1, 0.15) is 5.56 Å². The molecule has 0 unspecified atom stereocenters. The Morgan fingerprint density at radius 2 is 2.25 bits per heavy atom. The molecule has 0 aliphatic heterocycles. The van der Waals surface area contributed by atoms with Crippen LogP contribution in [0.25, 0.3) is 6.20 Å². The summed E-state index contributed by atoms with van der Waals surface area (Å²) in [6, 6.07) is 3.96. The van der Waals surface area contributed by atoms with Crippen molar-refractivity contribution in [1.82, 2.24) is 4.57 Å². The fraction of sp³-hybridized carbons (Fsp3) is 0.100. The molecule has 0 atom stereocenters. The van der Waals surface area contributed by atoms with E-state index >= 15 is 0 Å². The number of aromatic nitrogens is 1. The van der Waals surface area contributed by atoms with Crippen LogP contribution in [-0.4, -0.2) is 4.57 Å². The summed E-state index contributed by atoms with van der Waals surface area (Å²) in [6.07, 6.45) is 5.15. The Labute approximate surface area is 72.2 Å². The molecule has 0 aromatic carbocycles. The molecule has 0 aliphatic carbocycles. The lowest BCUT2D eigenvalue weighted by molar-refractivity contribution is 0.982. The van der Waals surface area contributed by atoms with Crippen molar-refractivity contribution < 1.29 is 0 Å². The van der Waals surface area contributed by atoms with Crippen molar-refractivity contribution in [3.05, 3.63) is 48.7 Å². The molecule has 0 saturated heterocycles. The van der Waals surface area contributed by atoms with Crippen LogP contribution < -0.4 is 5.49 Å². The molecule has 1 heterocycles. The Kier molecular flexibility index (Phi) is 2.64. The van der Waals surface area contributed by atoms with Gasteiger partial charge in [-0.3, -0.25) is 0 Å². The molecule has 1 rings (SSSR count). The Morgan fingerprint density at radius 3 is 2.83 bits per heavy atom. The average Bonchev–Trinajstić information content (AvgIpc) is 2.09. The average molecular weight is 160 g/mol. The summed E-state index contributed by atoms with van der Waals surface area (Å²) in [6.45, 7) is 9.24. The predicted octanol–water partition coefficient (Wildman–Crippen LogP) is 1.94. The highest BCUT2D eigenvalue weighted by atomic mass is 15.0. The third kappa shape index (κ3) is 1.53. The zero-order valence-corrected chi connectivity index (χ0v) is 7.20. The third-order valence-corrected chi connectivity index (χ3v) is 1.60. The minimum atomic E-state index is 0.877. The second-order valence-electron chi connectivity index (χ2n) is 2.42. The zero-order chi connectivity index (χ0) is 8.97. The molecule has 0 N–H and O–H groups in total. The Morgan fingerprint density at radius 1 is 1.50 bits per heavy atom. The normalized spacial score (nSPS) is 11.2. The van der Waals surface area contributed by atoms with Crippen LogP contribution in [0.4, 0.5) is 0 Å². The van der Waals surface area contributed by atoms with Crippen LogP contribution in [0, 0.1) is 6.92 Å². The summed E-state index contributed by atoms with van der Waals surface area (Å²) >= 11 is 0. The van der Waals surface area contributed by atoms with Gasteiger partial charge in [-0.25, -0.2) is 4.99 Å². The molecule has 0 amide bonds. The minimum absolute atomic E-state index is 0.877. The van der Waals surface area contributed by atoms with Crippen LogP contribution in [0.5, 0.6) is 0 Å². The van der Waals surface area contributed by atoms with Gasteiger partial charge in [0, 0.05) is 18.6 Å². The first-order valence-electron chi connectivity index (χ1n) is 3.74. The summed E-state index contributed by atoms with van der Waals surface area (Å²) in [5.74, 6) is 0. The molecule has 1 aromatic rings. The number of hydrogen-bond donors (Lipinski definition) is 0. The molecule has 0 bridgehead atoms. The van der Waals surface area contributed by atoms with Gasteiger partial charge >= 0.3 is 0 Å². The van der Waals surface area contributed by atoms with Gasteiger partial charge in [-0.15, -0.1) is 0 Å². The van der Waals surface area contributed by atoms with E-state index in [2.05, 4.69) is 18.2 Å². The summed E-state index contributed by atoms with van der Waals surface area (Å²) in [4.78, 5) is 4.13. The summed E-state index contributed by atoms with van der Waals surface area (Å²) in [5.41, 5.74) is 1.99. The van der Waals surface area contributed by atoms with Crippen LogP contribution in [-0.2, 0) is 0 Å². The van der Waals surface area contributed by atoms with Crippen molar-refractivity contribution in [1.29, 1.82) is 0 Å². The summed E-state index contributed by atoms with van der Waals surface area (Å²) < 4.78 is 1.86. The molecule has 1 aromatic heterocycles. The Balaban J connectivity index is 3.49. The van der Waals surface area contributed by atoms with Crippen molar-refractivity contribution in [3.8, 4) is 0 Å². The highest BCUT2D eigenvalue weighted by Crippen LogP contribution is 1.89. The lowest BCUT2D eigenvalue weighted by atomic mass is 10.3. The van der Waals surface area contributed by atoms with Crippen LogP contribution in [0.2, 0.25) is 0 Å². The first-order chi connectivity index (χ1) is 5.79. The van der Waals surface area contributed by atoms with Gasteiger partial charge in [-0.2, -0.15) is 0 Å². The molecular weight excluding hydrogens is 148 g/mol. The van der Waals surface area contributed by atoms with Crippen molar-refractivity contribution in [3.63, 3.8) is 0 Å². The van der Waals surface area contributed by atoms with Crippen LogP contribution >= 0.6 is 0 Å². The molecule has 0 saturated carbocycles. The zero-order valence-electron chi connectivity index (χ0n) is 7.20. The number of rotatable bonds is 2. The van der Waals surface area contributed by atoms with E-state index in [-0.39, 0.29) is 0 Å². The fourth-order valence-electron chi connectivity index (χ4n) is 1.03. The third-order valence-electron chi connectivity index (χ3n) is 1.60. The maximum absolute atomic E-state index is 4.13. The molecule has 0 radical (unpaired) electrons. The second-order valence-corrected chi connectivity index (χ2v) is 2.42. The first-order valence-corrected chi connectivity index (χ1v) is 3.74. The minimum Gasteiger partial charge on any atom is -0.309 e. The van der Waals surface area contributed by atoms with E-state index in [1.165, 1.54) is 6.20 Å². The molecule has 62 valence electrons. The smallest absolute Gasteiger partial charge is 0.139 e. The highest BCUT2D eigenvalue weighted by Gasteiger charge is 1.90. The number of nitrogens with zero attached hydrogens (tertiary/aromatic N) is 2. The van der Waals surface area contributed by atoms with Gasteiger partial charge in [0.25, 0.3) is 0 Å². The number of pyridine rings is 1. The van der Waals surface area contributed by atoms with Gasteiger partial charge in [0.1, 0.15) is 5.49 Å². The highest BCUT2D eigenvalue weighted by molar-refractivity contribution is 5.20. The number of hydrogen-bond acceptors (Lipinski definition) is 1. The molecule has 0 aliphatic rings. The second kappa shape index (κ2) is 3.72. The van der Waals surface area contributed by atoms with Gasteiger partial charge in [0.05, 0.1) is 0 Å². The van der Waals surface area contributed by atoms with Crippen LogP contribution in [0.3, 0.4) is 0 Å². The van der Waals surface area contributed by atoms with Gasteiger partial charge in [0.2, 0.25) is 0 Å². The van der Waals surface area contributed by atoms with Gasteiger partial charge in [-0.1, -0.05) is 19.2 Å². The lowest BCUT2D eigenvalue weighted by Gasteiger charge is -2.01. The summed E-state index contributed by atoms with van der Waals surface area (Å²) in [7, 11) is 0. The SMILES string of the molecule is C=CN=c1c(C)cccn1C=C. The van der Waals surface area contributed by atoms with E-state index in [0.717, 1.165) is 11.1 Å². The molecule has 2 heteroatoms. The van der Waals surface area contributed by atoms with E-state index in [1.54, 1.807) is 6.20 Å². The Hall–Kier alpha value is -1.57. The van der Waals surface area contributed by atoms with Crippen molar-refractivity contribution in [2.24, 2.45) is 4.99 Å². The molecule has 12 heavy (non-hydrogen) atoms. The fourth-order valence-corrected chi connectivity index (χ4v) is 1.03. The number of aryl methyl sites for hydroxylation is 1. The summed E-state index contributed by atoms with van der Waals surface area (Å²) in [5, 5.41) is 0.